The number of rotatable bonds is 7. The number of amides is 2. The minimum atomic E-state index is -0.189. The normalized spacial score (nSPS) is 10.6. The van der Waals surface area contributed by atoms with E-state index >= 15 is 0 Å². The molecule has 4 rings (SSSR count). The summed E-state index contributed by atoms with van der Waals surface area (Å²) in [6.45, 7) is 0. The standard InChI is InChI=1S/C26H21ClN2O3S/c1-32-24-12-11-20(27)14-23(24)29-25(30)16-33-22-8-4-7-21(15-22)28-26(31)19-10-9-17-5-2-3-6-18(17)13-19/h2-15H,16H2,1H3,(H,28,31)(H,29,30). The molecule has 0 saturated heterocycles. The van der Waals surface area contributed by atoms with Crippen LogP contribution in [-0.4, -0.2) is 24.7 Å². The largest absolute Gasteiger partial charge is 0.495 e. The minimum Gasteiger partial charge on any atom is -0.495 e. The van der Waals surface area contributed by atoms with Crippen molar-refractivity contribution in [2.45, 2.75) is 4.90 Å². The molecular weight excluding hydrogens is 456 g/mol. The fraction of sp³-hybridized carbons (Fsp3) is 0.0769. The first-order valence-corrected chi connectivity index (χ1v) is 11.5. The van der Waals surface area contributed by atoms with Crippen LogP contribution in [0.1, 0.15) is 10.4 Å². The van der Waals surface area contributed by atoms with Gasteiger partial charge in [0.15, 0.2) is 0 Å². The zero-order valence-corrected chi connectivity index (χ0v) is 19.4. The maximum atomic E-state index is 12.7. The highest BCUT2D eigenvalue weighted by atomic mass is 35.5. The molecule has 0 aromatic heterocycles. The summed E-state index contributed by atoms with van der Waals surface area (Å²) in [6, 6.07) is 26.0. The summed E-state index contributed by atoms with van der Waals surface area (Å²) in [5.74, 6) is 0.355. The van der Waals surface area contributed by atoms with E-state index in [9.17, 15) is 9.59 Å². The van der Waals surface area contributed by atoms with Crippen LogP contribution >= 0.6 is 23.4 Å². The Kier molecular flexibility index (Phi) is 7.17. The fourth-order valence-electron chi connectivity index (χ4n) is 3.31. The molecule has 0 unspecified atom stereocenters. The van der Waals surface area contributed by atoms with E-state index in [4.69, 9.17) is 16.3 Å². The van der Waals surface area contributed by atoms with Gasteiger partial charge in [0.05, 0.1) is 18.6 Å². The second-order valence-corrected chi connectivity index (χ2v) is 8.71. The zero-order valence-electron chi connectivity index (χ0n) is 17.8. The fourth-order valence-corrected chi connectivity index (χ4v) is 4.24. The highest BCUT2D eigenvalue weighted by Gasteiger charge is 2.11. The summed E-state index contributed by atoms with van der Waals surface area (Å²) >= 11 is 7.38. The van der Waals surface area contributed by atoms with E-state index < -0.39 is 0 Å². The topological polar surface area (TPSA) is 67.4 Å². The van der Waals surface area contributed by atoms with Gasteiger partial charge in [-0.15, -0.1) is 11.8 Å². The zero-order chi connectivity index (χ0) is 23.2. The molecule has 0 aliphatic carbocycles. The number of benzene rings is 4. The molecule has 2 amide bonds. The van der Waals surface area contributed by atoms with Crippen LogP contribution in [0.5, 0.6) is 5.75 Å². The molecule has 0 atom stereocenters. The molecule has 7 heteroatoms. The van der Waals surface area contributed by atoms with Crippen LogP contribution in [0, 0.1) is 0 Å². The molecule has 0 aliphatic rings. The number of carbonyl (C=O) groups excluding carboxylic acids is 2. The molecule has 166 valence electrons. The van der Waals surface area contributed by atoms with E-state index in [0.717, 1.165) is 15.7 Å². The van der Waals surface area contributed by atoms with Crippen molar-refractivity contribution in [1.82, 2.24) is 0 Å². The van der Waals surface area contributed by atoms with Gasteiger partial charge in [0.1, 0.15) is 5.75 Å². The lowest BCUT2D eigenvalue weighted by Crippen LogP contribution is -2.14. The summed E-state index contributed by atoms with van der Waals surface area (Å²) in [7, 11) is 1.53. The Labute approximate surface area is 201 Å². The van der Waals surface area contributed by atoms with Crippen molar-refractivity contribution in [1.29, 1.82) is 0 Å². The number of halogens is 1. The Morgan fingerprint density at radius 1 is 0.879 bits per heavy atom. The van der Waals surface area contributed by atoms with Crippen LogP contribution in [0.15, 0.2) is 89.8 Å². The molecule has 4 aromatic carbocycles. The quantitative estimate of drug-likeness (QED) is 0.299. The minimum absolute atomic E-state index is 0.186. The number of ether oxygens (including phenoxy) is 1. The highest BCUT2D eigenvalue weighted by molar-refractivity contribution is 8.00. The molecule has 0 heterocycles. The predicted octanol–water partition coefficient (Wildman–Crippen LogP) is 6.48. The number of methoxy groups -OCH3 is 1. The van der Waals surface area contributed by atoms with Gasteiger partial charge in [-0.25, -0.2) is 0 Å². The van der Waals surface area contributed by atoms with Crippen molar-refractivity contribution >= 4 is 57.3 Å². The third-order valence-corrected chi connectivity index (χ3v) is 6.14. The number of hydrogen-bond acceptors (Lipinski definition) is 4. The Bertz CT molecular complexity index is 1330. The van der Waals surface area contributed by atoms with Crippen LogP contribution in [-0.2, 0) is 4.79 Å². The Morgan fingerprint density at radius 2 is 1.70 bits per heavy atom. The number of anilines is 2. The van der Waals surface area contributed by atoms with E-state index in [1.54, 1.807) is 18.2 Å². The molecular formula is C26H21ClN2O3S. The second kappa shape index (κ2) is 10.4. The smallest absolute Gasteiger partial charge is 0.255 e. The average Bonchev–Trinajstić information content (AvgIpc) is 2.83. The Hall–Kier alpha value is -3.48. The molecule has 0 radical (unpaired) electrons. The van der Waals surface area contributed by atoms with Crippen LogP contribution < -0.4 is 15.4 Å². The number of hydrogen-bond donors (Lipinski definition) is 2. The molecule has 0 bridgehead atoms. The summed E-state index contributed by atoms with van der Waals surface area (Å²) in [5.41, 5.74) is 1.77. The monoisotopic (exact) mass is 476 g/mol. The van der Waals surface area contributed by atoms with E-state index in [1.165, 1.54) is 18.9 Å². The SMILES string of the molecule is COc1ccc(Cl)cc1NC(=O)CSc1cccc(NC(=O)c2ccc3ccccc3c2)c1. The van der Waals surface area contributed by atoms with Crippen molar-refractivity contribution in [3.05, 3.63) is 95.5 Å². The summed E-state index contributed by atoms with van der Waals surface area (Å²) in [6.07, 6.45) is 0. The van der Waals surface area contributed by atoms with E-state index in [0.29, 0.717) is 27.7 Å². The summed E-state index contributed by atoms with van der Waals surface area (Å²) < 4.78 is 5.26. The lowest BCUT2D eigenvalue weighted by molar-refractivity contribution is -0.113. The maximum absolute atomic E-state index is 12.7. The summed E-state index contributed by atoms with van der Waals surface area (Å²) in [5, 5.41) is 8.35. The molecule has 2 N–H and O–H groups in total. The van der Waals surface area contributed by atoms with Crippen molar-refractivity contribution in [3.8, 4) is 5.75 Å². The molecule has 0 saturated carbocycles. The highest BCUT2D eigenvalue weighted by Crippen LogP contribution is 2.28. The van der Waals surface area contributed by atoms with Gasteiger partial charge in [0, 0.05) is 21.2 Å². The van der Waals surface area contributed by atoms with Crippen molar-refractivity contribution in [2.75, 3.05) is 23.5 Å². The van der Waals surface area contributed by atoms with Crippen molar-refractivity contribution in [2.24, 2.45) is 0 Å². The predicted molar refractivity (Wildman–Crippen MR) is 136 cm³/mol. The number of carbonyl (C=O) groups is 2. The van der Waals surface area contributed by atoms with Gasteiger partial charge < -0.3 is 15.4 Å². The molecule has 33 heavy (non-hydrogen) atoms. The molecule has 0 fully saturated rings. The van der Waals surface area contributed by atoms with E-state index in [1.807, 2.05) is 66.7 Å². The van der Waals surface area contributed by atoms with Crippen LogP contribution in [0.4, 0.5) is 11.4 Å². The third-order valence-electron chi connectivity index (χ3n) is 4.91. The van der Waals surface area contributed by atoms with Gasteiger partial charge in [-0.3, -0.25) is 9.59 Å². The lowest BCUT2D eigenvalue weighted by atomic mass is 10.1. The molecule has 0 aliphatic heterocycles. The molecule has 5 nitrogen and oxygen atoms in total. The third kappa shape index (κ3) is 5.86. The van der Waals surface area contributed by atoms with Gasteiger partial charge in [-0.2, -0.15) is 0 Å². The first kappa shape index (κ1) is 22.7. The first-order chi connectivity index (χ1) is 16.0. The Balaban J connectivity index is 1.38. The maximum Gasteiger partial charge on any atom is 0.255 e. The van der Waals surface area contributed by atoms with Gasteiger partial charge >= 0.3 is 0 Å². The molecule has 0 spiro atoms. The number of thioether (sulfide) groups is 1. The lowest BCUT2D eigenvalue weighted by Gasteiger charge is -2.11. The van der Waals surface area contributed by atoms with Gasteiger partial charge in [0.25, 0.3) is 5.91 Å². The Morgan fingerprint density at radius 3 is 2.52 bits per heavy atom. The van der Waals surface area contributed by atoms with Crippen LogP contribution in [0.3, 0.4) is 0 Å². The second-order valence-electron chi connectivity index (χ2n) is 7.23. The number of nitrogens with one attached hydrogen (secondary N) is 2. The first-order valence-electron chi connectivity index (χ1n) is 10.2. The summed E-state index contributed by atoms with van der Waals surface area (Å²) in [4.78, 5) is 26.0. The van der Waals surface area contributed by atoms with Crippen molar-refractivity contribution in [3.63, 3.8) is 0 Å². The van der Waals surface area contributed by atoms with Crippen LogP contribution in [0.25, 0.3) is 10.8 Å². The van der Waals surface area contributed by atoms with Gasteiger partial charge in [-0.05, 0) is 59.3 Å². The van der Waals surface area contributed by atoms with Crippen LogP contribution in [0.2, 0.25) is 5.02 Å². The number of fused-ring (bicyclic) bond motifs is 1. The van der Waals surface area contributed by atoms with E-state index in [2.05, 4.69) is 10.6 Å². The molecule has 4 aromatic rings. The van der Waals surface area contributed by atoms with E-state index in [-0.39, 0.29) is 17.6 Å². The van der Waals surface area contributed by atoms with Gasteiger partial charge in [-0.1, -0.05) is 48.0 Å². The van der Waals surface area contributed by atoms with Crippen molar-refractivity contribution < 1.29 is 14.3 Å². The average molecular weight is 477 g/mol. The van der Waals surface area contributed by atoms with Gasteiger partial charge in [0.2, 0.25) is 5.91 Å².